The van der Waals surface area contributed by atoms with E-state index >= 15 is 0 Å². The number of carbonyl (C=O) groups excluding carboxylic acids is 1. The van der Waals surface area contributed by atoms with Crippen molar-refractivity contribution in [2.45, 2.75) is 26.0 Å². The molecule has 0 aromatic heterocycles. The van der Waals surface area contributed by atoms with Crippen LogP contribution in [0.25, 0.3) is 0 Å². The monoisotopic (exact) mass is 298 g/mol. The Hall–Kier alpha value is -0.230. The quantitative estimate of drug-likeness (QED) is 0.606. The van der Waals surface area contributed by atoms with Gasteiger partial charge in [-0.25, -0.2) is 12.7 Å². The maximum atomic E-state index is 11.6. The molecule has 0 saturated heterocycles. The van der Waals surface area contributed by atoms with Gasteiger partial charge in [0.15, 0.2) is 0 Å². The van der Waals surface area contributed by atoms with Crippen LogP contribution in [-0.4, -0.2) is 61.9 Å². The van der Waals surface area contributed by atoms with Gasteiger partial charge < -0.3 is 10.4 Å². The summed E-state index contributed by atoms with van der Waals surface area (Å²) in [5.74, 6) is -0.309. The Morgan fingerprint density at radius 3 is 2.33 bits per heavy atom. The van der Waals surface area contributed by atoms with Crippen LogP contribution in [0.15, 0.2) is 0 Å². The van der Waals surface area contributed by atoms with Crippen molar-refractivity contribution in [3.05, 3.63) is 0 Å². The summed E-state index contributed by atoms with van der Waals surface area (Å²) in [6.45, 7) is 3.38. The summed E-state index contributed by atoms with van der Waals surface area (Å²) < 4.78 is 23.4. The third-order valence-corrected chi connectivity index (χ3v) is 4.75. The van der Waals surface area contributed by atoms with Gasteiger partial charge in [-0.1, -0.05) is 6.92 Å². The van der Waals surface area contributed by atoms with Gasteiger partial charge in [0.25, 0.3) is 0 Å². The molecule has 0 saturated carbocycles. The molecule has 0 aliphatic carbocycles. The maximum absolute atomic E-state index is 11.6. The van der Waals surface area contributed by atoms with Crippen molar-refractivity contribution in [3.63, 3.8) is 0 Å². The fourth-order valence-corrected chi connectivity index (χ4v) is 1.76. The Morgan fingerprint density at radius 2 is 1.94 bits per heavy atom. The van der Waals surface area contributed by atoms with Crippen LogP contribution in [0.2, 0.25) is 0 Å². The Kier molecular flexibility index (Phi) is 7.29. The van der Waals surface area contributed by atoms with Crippen molar-refractivity contribution in [2.24, 2.45) is 5.92 Å². The standard InChI is InChI=1S/C10H23N2O4PS/c1-7(6-17)10(14)11-8(2)9(13)5-12(3)18(4,15)16/h7-9,13H,5-6,17H2,1-4H3,(H,11,14)/t7?,8-,9?/m0/s1. The maximum Gasteiger partial charge on any atom is 0.223 e. The number of sulfonamides is 1. The molecule has 0 spiro atoms. The lowest BCUT2D eigenvalue weighted by atomic mass is 10.1. The van der Waals surface area contributed by atoms with E-state index in [-0.39, 0.29) is 18.4 Å². The SMILES string of the molecule is CC(CP)C(=O)N[C@@H](C)C(O)CN(C)S(C)(=O)=O. The van der Waals surface area contributed by atoms with Crippen LogP contribution in [-0.2, 0) is 14.8 Å². The molecule has 0 aliphatic heterocycles. The first-order valence-corrected chi connectivity index (χ1v) is 8.35. The zero-order valence-corrected chi connectivity index (χ0v) is 13.2. The second kappa shape index (κ2) is 7.38. The van der Waals surface area contributed by atoms with Crippen LogP contribution in [0.5, 0.6) is 0 Å². The van der Waals surface area contributed by atoms with Crippen molar-refractivity contribution in [1.82, 2.24) is 9.62 Å². The molecule has 4 atom stereocenters. The molecule has 0 bridgehead atoms. The second-order valence-corrected chi connectivity index (χ2v) is 7.11. The first-order valence-electron chi connectivity index (χ1n) is 5.69. The van der Waals surface area contributed by atoms with E-state index in [4.69, 9.17) is 0 Å². The molecule has 0 heterocycles. The van der Waals surface area contributed by atoms with E-state index in [1.807, 2.05) is 0 Å². The number of likely N-dealkylation sites (N-methyl/N-ethyl adjacent to an activating group) is 1. The average Bonchev–Trinajstić information content (AvgIpc) is 2.26. The molecule has 3 unspecified atom stereocenters. The molecule has 0 rings (SSSR count). The largest absolute Gasteiger partial charge is 0.390 e. The van der Waals surface area contributed by atoms with Crippen molar-refractivity contribution < 1.29 is 18.3 Å². The molecule has 2 N–H and O–H groups in total. The van der Waals surface area contributed by atoms with Gasteiger partial charge in [0.2, 0.25) is 15.9 Å². The van der Waals surface area contributed by atoms with Gasteiger partial charge in [-0.2, -0.15) is 0 Å². The predicted molar refractivity (Wildman–Crippen MR) is 74.8 cm³/mol. The molecular weight excluding hydrogens is 275 g/mol. The van der Waals surface area contributed by atoms with Gasteiger partial charge in [0, 0.05) is 19.5 Å². The summed E-state index contributed by atoms with van der Waals surface area (Å²) >= 11 is 0. The lowest BCUT2D eigenvalue weighted by Gasteiger charge is -2.25. The van der Waals surface area contributed by atoms with Crippen molar-refractivity contribution in [1.29, 1.82) is 0 Å². The van der Waals surface area contributed by atoms with Crippen LogP contribution >= 0.6 is 9.24 Å². The molecule has 1 amide bonds. The summed E-state index contributed by atoms with van der Waals surface area (Å²) in [6.07, 6.45) is 0.766. The highest BCUT2D eigenvalue weighted by Gasteiger charge is 2.23. The van der Waals surface area contributed by atoms with Gasteiger partial charge in [-0.3, -0.25) is 4.79 Å². The number of nitrogens with one attached hydrogen (secondary N) is 1. The summed E-state index contributed by atoms with van der Waals surface area (Å²) in [7, 11) is 0.544. The molecular formula is C10H23N2O4PS. The normalized spacial score (nSPS) is 17.3. The van der Waals surface area contributed by atoms with E-state index in [1.165, 1.54) is 7.05 Å². The number of rotatable bonds is 7. The fraction of sp³-hybridized carbons (Fsp3) is 0.900. The Balaban J connectivity index is 4.36. The zero-order valence-electron chi connectivity index (χ0n) is 11.3. The number of amides is 1. The minimum absolute atomic E-state index is 0.0461. The van der Waals surface area contributed by atoms with E-state index in [9.17, 15) is 18.3 Å². The van der Waals surface area contributed by atoms with Crippen LogP contribution in [0.3, 0.4) is 0 Å². The molecule has 0 aromatic rings. The highest BCUT2D eigenvalue weighted by Crippen LogP contribution is 2.04. The molecule has 6 nitrogen and oxygen atoms in total. The number of hydrogen-bond acceptors (Lipinski definition) is 4. The summed E-state index contributed by atoms with van der Waals surface area (Å²) in [6, 6.07) is -0.499. The number of aliphatic hydroxyl groups is 1. The average molecular weight is 298 g/mol. The Labute approximate surface area is 111 Å². The van der Waals surface area contributed by atoms with E-state index in [2.05, 4.69) is 14.6 Å². The third kappa shape index (κ3) is 6.09. The molecule has 8 heteroatoms. The van der Waals surface area contributed by atoms with Crippen molar-refractivity contribution in [3.8, 4) is 0 Å². The van der Waals surface area contributed by atoms with Crippen LogP contribution in [0.1, 0.15) is 13.8 Å². The second-order valence-electron chi connectivity index (χ2n) is 4.54. The van der Waals surface area contributed by atoms with E-state index < -0.39 is 22.2 Å². The number of hydrogen-bond donors (Lipinski definition) is 2. The van der Waals surface area contributed by atoms with E-state index in [1.54, 1.807) is 13.8 Å². The fourth-order valence-electron chi connectivity index (χ4n) is 1.13. The van der Waals surface area contributed by atoms with Gasteiger partial charge in [-0.15, -0.1) is 9.24 Å². The van der Waals surface area contributed by atoms with Gasteiger partial charge in [-0.05, 0) is 13.1 Å². The predicted octanol–water partition coefficient (Wildman–Crippen LogP) is -0.745. The number of carbonyl (C=O) groups is 1. The smallest absolute Gasteiger partial charge is 0.223 e. The first-order chi connectivity index (χ1) is 8.09. The van der Waals surface area contributed by atoms with Crippen LogP contribution in [0.4, 0.5) is 0 Å². The highest BCUT2D eigenvalue weighted by atomic mass is 32.2. The third-order valence-electron chi connectivity index (χ3n) is 2.76. The van der Waals surface area contributed by atoms with Crippen LogP contribution in [0, 0.1) is 5.92 Å². The van der Waals surface area contributed by atoms with Crippen LogP contribution < -0.4 is 5.32 Å². The molecule has 0 radical (unpaired) electrons. The van der Waals surface area contributed by atoms with Gasteiger partial charge >= 0.3 is 0 Å². The van der Waals surface area contributed by atoms with E-state index in [0.717, 1.165) is 10.6 Å². The molecule has 18 heavy (non-hydrogen) atoms. The zero-order chi connectivity index (χ0) is 14.5. The first kappa shape index (κ1) is 17.8. The summed E-state index contributed by atoms with van der Waals surface area (Å²) in [4.78, 5) is 11.6. The van der Waals surface area contributed by atoms with Crippen molar-refractivity contribution >= 4 is 25.2 Å². The summed E-state index contributed by atoms with van der Waals surface area (Å²) in [5, 5.41) is 12.5. The minimum Gasteiger partial charge on any atom is -0.390 e. The van der Waals surface area contributed by atoms with Gasteiger partial charge in [0.05, 0.1) is 18.4 Å². The summed E-state index contributed by atoms with van der Waals surface area (Å²) in [5.41, 5.74) is 0. The highest BCUT2D eigenvalue weighted by molar-refractivity contribution is 7.88. The van der Waals surface area contributed by atoms with Crippen molar-refractivity contribution in [2.75, 3.05) is 26.0 Å². The topological polar surface area (TPSA) is 86.7 Å². The van der Waals surface area contributed by atoms with E-state index in [0.29, 0.717) is 6.16 Å². The molecule has 108 valence electrons. The number of nitrogens with zero attached hydrogens (tertiary/aromatic N) is 1. The Bertz CT molecular complexity index is 374. The lowest BCUT2D eigenvalue weighted by Crippen LogP contribution is -2.48. The number of aliphatic hydroxyl groups excluding tert-OH is 1. The molecule has 0 aliphatic rings. The van der Waals surface area contributed by atoms with Gasteiger partial charge in [0.1, 0.15) is 0 Å². The lowest BCUT2D eigenvalue weighted by molar-refractivity contribution is -0.125. The Morgan fingerprint density at radius 1 is 1.44 bits per heavy atom. The molecule has 0 aromatic carbocycles. The molecule has 0 fully saturated rings. The minimum atomic E-state index is -3.32.